The summed E-state index contributed by atoms with van der Waals surface area (Å²) in [5, 5.41) is 20.2. The number of rotatable bonds is 1. The van der Waals surface area contributed by atoms with Gasteiger partial charge in [0, 0.05) is 18.3 Å². The second-order valence-corrected chi connectivity index (χ2v) is 8.25. The molecular weight excluding hydrogens is 286 g/mol. The zero-order chi connectivity index (χ0) is 16.2. The Morgan fingerprint density at radius 2 is 2.17 bits per heavy atom. The molecule has 0 amide bonds. The smallest absolute Gasteiger partial charge is 0.137 e. The van der Waals surface area contributed by atoms with Crippen LogP contribution in [-0.4, -0.2) is 16.5 Å². The van der Waals surface area contributed by atoms with Crippen molar-refractivity contribution in [3.63, 3.8) is 0 Å². The van der Waals surface area contributed by atoms with Gasteiger partial charge in [0.05, 0.1) is 12.5 Å². The quantitative estimate of drug-likeness (QED) is 0.751. The fraction of sp³-hybridized carbons (Fsp3) is 0.700. The average Bonchev–Trinajstić information content (AvgIpc) is 2.79. The van der Waals surface area contributed by atoms with Crippen LogP contribution in [0.15, 0.2) is 23.3 Å². The Kier molecular flexibility index (Phi) is 3.32. The lowest BCUT2D eigenvalue weighted by Crippen LogP contribution is -2.52. The van der Waals surface area contributed by atoms with E-state index in [4.69, 9.17) is 5.26 Å². The summed E-state index contributed by atoms with van der Waals surface area (Å²) in [4.78, 5) is 11.8. The van der Waals surface area contributed by atoms with Gasteiger partial charge in [-0.25, -0.2) is 0 Å². The van der Waals surface area contributed by atoms with Crippen molar-refractivity contribution in [3.8, 4) is 6.07 Å². The molecule has 1 fully saturated rings. The highest BCUT2D eigenvalue weighted by atomic mass is 16.3. The third-order valence-electron chi connectivity index (χ3n) is 7.37. The number of carbonyl (C=O) groups is 1. The highest BCUT2D eigenvalue weighted by molar-refractivity contribution is 5.82. The molecular formula is C20H25NO2. The Hall–Kier alpha value is -1.40. The molecule has 0 radical (unpaired) electrons. The Labute approximate surface area is 138 Å². The van der Waals surface area contributed by atoms with Crippen LogP contribution in [0.3, 0.4) is 0 Å². The molecule has 3 nitrogen and oxygen atoms in total. The summed E-state index contributed by atoms with van der Waals surface area (Å²) in [5.74, 6) is 1.95. The summed E-state index contributed by atoms with van der Waals surface area (Å²) in [6, 6.07) is 2.18. The number of hydrogen-bond acceptors (Lipinski definition) is 3. The molecule has 0 aliphatic heterocycles. The minimum atomic E-state index is -0.964. The maximum atomic E-state index is 11.8. The Morgan fingerprint density at radius 1 is 1.35 bits per heavy atom. The van der Waals surface area contributed by atoms with E-state index in [2.05, 4.69) is 19.1 Å². The molecule has 0 heterocycles. The summed E-state index contributed by atoms with van der Waals surface area (Å²) in [6.45, 7) is 2.18. The van der Waals surface area contributed by atoms with Gasteiger partial charge in [-0.1, -0.05) is 30.2 Å². The number of carbonyl (C=O) groups excluding carboxylic acids is 1. The molecule has 23 heavy (non-hydrogen) atoms. The summed E-state index contributed by atoms with van der Waals surface area (Å²) < 4.78 is 0. The lowest BCUT2D eigenvalue weighted by molar-refractivity contribution is -0.119. The maximum Gasteiger partial charge on any atom is 0.137 e. The van der Waals surface area contributed by atoms with Crippen LogP contribution in [0.4, 0.5) is 0 Å². The van der Waals surface area contributed by atoms with Gasteiger partial charge in [-0.15, -0.1) is 0 Å². The summed E-state index contributed by atoms with van der Waals surface area (Å²) in [5.41, 5.74) is 1.84. The topological polar surface area (TPSA) is 61.1 Å². The van der Waals surface area contributed by atoms with Crippen LogP contribution in [0, 0.1) is 34.5 Å². The van der Waals surface area contributed by atoms with Gasteiger partial charge in [-0.3, -0.25) is 4.79 Å². The number of aliphatic hydroxyl groups is 1. The Morgan fingerprint density at radius 3 is 2.96 bits per heavy atom. The number of allylic oxidation sites excluding steroid dienone is 3. The lowest BCUT2D eigenvalue weighted by Gasteiger charge is -2.53. The van der Waals surface area contributed by atoms with Crippen LogP contribution in [0.2, 0.25) is 0 Å². The summed E-state index contributed by atoms with van der Waals surface area (Å²) in [7, 11) is 0. The van der Waals surface area contributed by atoms with E-state index in [0.717, 1.165) is 38.5 Å². The maximum absolute atomic E-state index is 11.8. The molecule has 0 spiro atoms. The number of ketones is 1. The number of nitriles is 1. The predicted molar refractivity (Wildman–Crippen MR) is 87.2 cm³/mol. The number of Topliss-reactive ketones (excluding diaryl/α,β-unsaturated/α-hetero) is 1. The van der Waals surface area contributed by atoms with Gasteiger partial charge in [-0.2, -0.15) is 5.26 Å². The molecule has 1 unspecified atom stereocenters. The average molecular weight is 311 g/mol. The van der Waals surface area contributed by atoms with Crippen LogP contribution in [0.1, 0.15) is 58.3 Å². The molecule has 1 N–H and O–H groups in total. The minimum absolute atomic E-state index is 0.191. The number of nitrogens with zero attached hydrogens (tertiary/aromatic N) is 1. The first-order chi connectivity index (χ1) is 11.0. The van der Waals surface area contributed by atoms with Crippen molar-refractivity contribution in [3.05, 3.63) is 23.3 Å². The fourth-order valence-corrected chi connectivity index (χ4v) is 6.00. The minimum Gasteiger partial charge on any atom is -0.384 e. The monoisotopic (exact) mass is 311 g/mol. The molecule has 0 aromatic carbocycles. The third-order valence-corrected chi connectivity index (χ3v) is 7.37. The van der Waals surface area contributed by atoms with Gasteiger partial charge in [0.15, 0.2) is 0 Å². The predicted octanol–water partition coefficient (Wildman–Crippen LogP) is 3.69. The molecule has 0 aromatic heterocycles. The molecule has 4 rings (SSSR count). The second-order valence-electron chi connectivity index (χ2n) is 8.25. The molecule has 4 aliphatic rings. The van der Waals surface area contributed by atoms with Crippen LogP contribution in [-0.2, 0) is 4.79 Å². The SMILES string of the molecule is CC12CC[C@@H]3C4=C(CC[C@H]3[C@@H]1C=C[C@@]2(O)CC#N)CC(=O)CC4. The Bertz CT molecular complexity index is 655. The van der Waals surface area contributed by atoms with E-state index in [1.54, 1.807) is 5.57 Å². The van der Waals surface area contributed by atoms with E-state index < -0.39 is 5.60 Å². The lowest BCUT2D eigenvalue weighted by atomic mass is 9.51. The van der Waals surface area contributed by atoms with Crippen LogP contribution >= 0.6 is 0 Å². The van der Waals surface area contributed by atoms with Crippen LogP contribution in [0.25, 0.3) is 0 Å². The molecule has 0 bridgehead atoms. The fourth-order valence-electron chi connectivity index (χ4n) is 6.00. The first-order valence-corrected chi connectivity index (χ1v) is 9.00. The number of hydrogen-bond donors (Lipinski definition) is 1. The first kappa shape index (κ1) is 15.1. The van der Waals surface area contributed by atoms with E-state index in [1.165, 1.54) is 5.57 Å². The van der Waals surface area contributed by atoms with E-state index in [0.29, 0.717) is 30.0 Å². The third kappa shape index (κ3) is 2.01. The Balaban J connectivity index is 1.66. The van der Waals surface area contributed by atoms with Gasteiger partial charge >= 0.3 is 0 Å². The van der Waals surface area contributed by atoms with Crippen molar-refractivity contribution in [2.24, 2.45) is 23.2 Å². The van der Waals surface area contributed by atoms with Gasteiger partial charge in [0.25, 0.3) is 0 Å². The zero-order valence-corrected chi connectivity index (χ0v) is 13.8. The van der Waals surface area contributed by atoms with Gasteiger partial charge in [0.1, 0.15) is 11.4 Å². The molecule has 0 saturated heterocycles. The van der Waals surface area contributed by atoms with E-state index >= 15 is 0 Å². The van der Waals surface area contributed by atoms with E-state index in [1.807, 2.05) is 6.08 Å². The highest BCUT2D eigenvalue weighted by Gasteiger charge is 2.59. The molecule has 4 aliphatic carbocycles. The first-order valence-electron chi connectivity index (χ1n) is 9.00. The van der Waals surface area contributed by atoms with Crippen molar-refractivity contribution in [2.75, 3.05) is 0 Å². The summed E-state index contributed by atoms with van der Waals surface area (Å²) in [6.07, 6.45) is 10.9. The molecule has 5 atom stereocenters. The second kappa shape index (κ2) is 5.05. The molecule has 1 saturated carbocycles. The van der Waals surface area contributed by atoms with E-state index in [-0.39, 0.29) is 11.8 Å². The summed E-state index contributed by atoms with van der Waals surface area (Å²) >= 11 is 0. The van der Waals surface area contributed by atoms with Crippen molar-refractivity contribution in [1.82, 2.24) is 0 Å². The van der Waals surface area contributed by atoms with Gasteiger partial charge in [0.2, 0.25) is 0 Å². The molecule has 3 heteroatoms. The van der Waals surface area contributed by atoms with Crippen molar-refractivity contribution < 1.29 is 9.90 Å². The molecule has 122 valence electrons. The van der Waals surface area contributed by atoms with Gasteiger partial charge in [-0.05, 0) is 49.9 Å². The largest absolute Gasteiger partial charge is 0.384 e. The van der Waals surface area contributed by atoms with Crippen LogP contribution < -0.4 is 0 Å². The van der Waals surface area contributed by atoms with Gasteiger partial charge < -0.3 is 5.11 Å². The molecule has 0 aromatic rings. The normalized spacial score (nSPS) is 45.3. The van der Waals surface area contributed by atoms with Crippen molar-refractivity contribution >= 4 is 5.78 Å². The van der Waals surface area contributed by atoms with Crippen molar-refractivity contribution in [2.45, 2.75) is 63.9 Å². The van der Waals surface area contributed by atoms with Crippen LogP contribution in [0.5, 0.6) is 0 Å². The standard InChI is InChI=1S/C20H25NO2/c1-19-8-6-16-15-5-3-14(22)12-13(15)2-4-17(16)18(19)7-9-20(19,23)10-11-21/h7,9,16-18,23H,2-6,8,10,12H2,1H3/t16-,17-,18+,19?,20-/m1/s1. The van der Waals surface area contributed by atoms with Crippen molar-refractivity contribution in [1.29, 1.82) is 5.26 Å². The number of fused-ring (bicyclic) bond motifs is 4. The van der Waals surface area contributed by atoms with E-state index in [9.17, 15) is 9.90 Å². The zero-order valence-electron chi connectivity index (χ0n) is 13.8. The highest BCUT2D eigenvalue weighted by Crippen LogP contribution is 2.62.